The van der Waals surface area contributed by atoms with E-state index in [1.807, 2.05) is 12.1 Å². The molecule has 0 amide bonds. The highest BCUT2D eigenvalue weighted by atomic mass is 16.5. The van der Waals surface area contributed by atoms with Gasteiger partial charge in [-0.2, -0.15) is 0 Å². The van der Waals surface area contributed by atoms with Crippen LogP contribution < -0.4 is 0 Å². The van der Waals surface area contributed by atoms with Gasteiger partial charge in [0.15, 0.2) is 0 Å². The molecule has 1 atom stereocenters. The van der Waals surface area contributed by atoms with Crippen LogP contribution in [0.2, 0.25) is 0 Å². The zero-order valence-corrected chi connectivity index (χ0v) is 18.3. The molecule has 158 valence electrons. The lowest BCUT2D eigenvalue weighted by Gasteiger charge is -2.20. The maximum atomic E-state index is 12.6. The fourth-order valence-electron chi connectivity index (χ4n) is 3.75. The predicted octanol–water partition coefficient (Wildman–Crippen LogP) is 7.16. The Labute approximate surface area is 177 Å². The molecule has 0 saturated carbocycles. The van der Waals surface area contributed by atoms with Gasteiger partial charge in [-0.3, -0.25) is 4.79 Å². The first kappa shape index (κ1) is 23.2. The Morgan fingerprint density at radius 3 is 1.86 bits per heavy atom. The third-order valence-electron chi connectivity index (χ3n) is 5.56. The van der Waals surface area contributed by atoms with Crippen molar-refractivity contribution < 1.29 is 9.53 Å². The number of carbonyl (C=O) groups is 1. The number of benzene rings is 2. The summed E-state index contributed by atoms with van der Waals surface area (Å²) in [6.45, 7) is 4.40. The van der Waals surface area contributed by atoms with E-state index in [4.69, 9.17) is 4.74 Å². The Balaban J connectivity index is 1.83. The van der Waals surface area contributed by atoms with Gasteiger partial charge in [0, 0.05) is 6.42 Å². The Hall–Kier alpha value is -2.09. The second kappa shape index (κ2) is 14.0. The minimum atomic E-state index is -0.0286. The number of rotatable bonds is 14. The van der Waals surface area contributed by atoms with Crippen LogP contribution >= 0.6 is 0 Å². The molecule has 0 radical (unpaired) electrons. The van der Waals surface area contributed by atoms with Crippen molar-refractivity contribution in [2.24, 2.45) is 5.92 Å². The number of hydrogen-bond acceptors (Lipinski definition) is 2. The summed E-state index contributed by atoms with van der Waals surface area (Å²) in [6.07, 6.45) is 10.3. The first-order chi connectivity index (χ1) is 14.2. The number of carbonyl (C=O) groups excluding carboxylic acids is 1. The van der Waals surface area contributed by atoms with Gasteiger partial charge in [0.25, 0.3) is 0 Å². The topological polar surface area (TPSA) is 26.3 Å². The molecule has 0 fully saturated rings. The normalized spacial score (nSPS) is 12.1. The molecule has 29 heavy (non-hydrogen) atoms. The summed E-state index contributed by atoms with van der Waals surface area (Å²) in [4.78, 5) is 12.6. The molecule has 0 spiro atoms. The Bertz CT molecular complexity index is 622. The molecule has 0 aliphatic carbocycles. The average molecular weight is 395 g/mol. The van der Waals surface area contributed by atoms with Gasteiger partial charge >= 0.3 is 5.97 Å². The Morgan fingerprint density at radius 1 is 0.793 bits per heavy atom. The molecule has 2 aromatic carbocycles. The van der Waals surface area contributed by atoms with E-state index in [-0.39, 0.29) is 12.1 Å². The van der Waals surface area contributed by atoms with E-state index in [9.17, 15) is 4.79 Å². The van der Waals surface area contributed by atoms with E-state index in [0.717, 1.165) is 32.1 Å². The molecule has 2 heteroatoms. The van der Waals surface area contributed by atoms with Gasteiger partial charge in [0.1, 0.15) is 6.10 Å². The summed E-state index contributed by atoms with van der Waals surface area (Å²) in [5.41, 5.74) is 2.61. The molecule has 0 heterocycles. The third kappa shape index (κ3) is 10.3. The van der Waals surface area contributed by atoms with Crippen LogP contribution in [-0.2, 0) is 22.4 Å². The fraction of sp³-hybridized carbons (Fsp3) is 0.519. The molecule has 0 aromatic heterocycles. The molecule has 2 aromatic rings. The first-order valence-corrected chi connectivity index (χ1v) is 11.4. The highest BCUT2D eigenvalue weighted by molar-refractivity contribution is 5.69. The molecule has 0 saturated heterocycles. The van der Waals surface area contributed by atoms with Crippen molar-refractivity contribution in [3.05, 3.63) is 71.8 Å². The number of aryl methyl sites for hydroxylation is 2. The lowest BCUT2D eigenvalue weighted by molar-refractivity contribution is -0.150. The van der Waals surface area contributed by atoms with E-state index >= 15 is 0 Å². The molecular weight excluding hydrogens is 356 g/mol. The van der Waals surface area contributed by atoms with Gasteiger partial charge in [-0.15, -0.1) is 0 Å². The molecule has 0 N–H and O–H groups in total. The van der Waals surface area contributed by atoms with E-state index in [0.29, 0.717) is 12.3 Å². The largest absolute Gasteiger partial charge is 0.462 e. The van der Waals surface area contributed by atoms with Crippen LogP contribution in [0.4, 0.5) is 0 Å². The predicted molar refractivity (Wildman–Crippen MR) is 122 cm³/mol. The van der Waals surface area contributed by atoms with Gasteiger partial charge in [-0.1, -0.05) is 107 Å². The summed E-state index contributed by atoms with van der Waals surface area (Å²) in [5.74, 6) is 0.377. The number of esters is 1. The standard InChI is InChI=1S/C27H38O2/c1-3-4-5-8-13-23(2)22-27(28)29-26(20-18-24-14-9-6-10-15-24)21-19-25-16-11-7-12-17-25/h6-7,9-12,14-17,23,26H,3-5,8,13,18-22H2,1-2H3. The zero-order chi connectivity index (χ0) is 20.7. The second-order valence-electron chi connectivity index (χ2n) is 8.32. The zero-order valence-electron chi connectivity index (χ0n) is 18.3. The number of hydrogen-bond donors (Lipinski definition) is 0. The van der Waals surface area contributed by atoms with Crippen LogP contribution in [0, 0.1) is 5.92 Å². The lowest BCUT2D eigenvalue weighted by atomic mass is 9.99. The van der Waals surface area contributed by atoms with Crippen LogP contribution in [0.5, 0.6) is 0 Å². The fourth-order valence-corrected chi connectivity index (χ4v) is 3.75. The third-order valence-corrected chi connectivity index (χ3v) is 5.56. The van der Waals surface area contributed by atoms with Crippen LogP contribution in [0.15, 0.2) is 60.7 Å². The monoisotopic (exact) mass is 394 g/mol. The second-order valence-corrected chi connectivity index (χ2v) is 8.32. The molecule has 2 nitrogen and oxygen atoms in total. The summed E-state index contributed by atoms with van der Waals surface area (Å²) < 4.78 is 5.95. The van der Waals surface area contributed by atoms with Gasteiger partial charge in [0.05, 0.1) is 0 Å². The van der Waals surface area contributed by atoms with Crippen LogP contribution in [0.25, 0.3) is 0 Å². The first-order valence-electron chi connectivity index (χ1n) is 11.4. The van der Waals surface area contributed by atoms with Crippen molar-refractivity contribution in [1.82, 2.24) is 0 Å². The van der Waals surface area contributed by atoms with Crippen molar-refractivity contribution in [2.45, 2.75) is 84.2 Å². The van der Waals surface area contributed by atoms with E-state index < -0.39 is 0 Å². The summed E-state index contributed by atoms with van der Waals surface area (Å²) >= 11 is 0. The molecule has 2 rings (SSSR count). The SMILES string of the molecule is CCCCCCC(C)CC(=O)OC(CCc1ccccc1)CCc1ccccc1. The maximum Gasteiger partial charge on any atom is 0.306 e. The minimum Gasteiger partial charge on any atom is -0.462 e. The number of unbranched alkanes of at least 4 members (excludes halogenated alkanes) is 3. The van der Waals surface area contributed by atoms with Gasteiger partial charge in [-0.05, 0) is 42.7 Å². The molecule has 0 bridgehead atoms. The summed E-state index contributed by atoms with van der Waals surface area (Å²) in [6, 6.07) is 20.9. The Morgan fingerprint density at radius 2 is 1.34 bits per heavy atom. The number of ether oxygens (including phenoxy) is 1. The van der Waals surface area contributed by atoms with Crippen molar-refractivity contribution in [2.75, 3.05) is 0 Å². The molecule has 0 aliphatic rings. The quantitative estimate of drug-likeness (QED) is 0.251. The van der Waals surface area contributed by atoms with Crippen molar-refractivity contribution in [3.8, 4) is 0 Å². The van der Waals surface area contributed by atoms with Gasteiger partial charge in [0.2, 0.25) is 0 Å². The van der Waals surface area contributed by atoms with Gasteiger partial charge < -0.3 is 4.74 Å². The van der Waals surface area contributed by atoms with Crippen molar-refractivity contribution in [3.63, 3.8) is 0 Å². The van der Waals surface area contributed by atoms with Crippen molar-refractivity contribution >= 4 is 5.97 Å². The lowest BCUT2D eigenvalue weighted by Crippen LogP contribution is -2.21. The van der Waals surface area contributed by atoms with E-state index in [1.54, 1.807) is 0 Å². The highest BCUT2D eigenvalue weighted by Gasteiger charge is 2.17. The van der Waals surface area contributed by atoms with Crippen molar-refractivity contribution in [1.29, 1.82) is 0 Å². The molecule has 1 unspecified atom stereocenters. The van der Waals surface area contributed by atoms with E-state index in [1.165, 1.54) is 36.8 Å². The van der Waals surface area contributed by atoms with Gasteiger partial charge in [-0.25, -0.2) is 0 Å². The minimum absolute atomic E-state index is 0.0183. The van der Waals surface area contributed by atoms with E-state index in [2.05, 4.69) is 62.4 Å². The van der Waals surface area contributed by atoms with Crippen LogP contribution in [-0.4, -0.2) is 12.1 Å². The smallest absolute Gasteiger partial charge is 0.306 e. The molecular formula is C27H38O2. The maximum absolute atomic E-state index is 12.6. The highest BCUT2D eigenvalue weighted by Crippen LogP contribution is 2.18. The van der Waals surface area contributed by atoms with Crippen LogP contribution in [0.3, 0.4) is 0 Å². The molecule has 0 aliphatic heterocycles. The van der Waals surface area contributed by atoms with Crippen LogP contribution in [0.1, 0.15) is 76.3 Å². The Kier molecular flexibility index (Phi) is 11.2. The summed E-state index contributed by atoms with van der Waals surface area (Å²) in [5, 5.41) is 0. The average Bonchev–Trinajstić information content (AvgIpc) is 2.74. The summed E-state index contributed by atoms with van der Waals surface area (Å²) in [7, 11) is 0.